The van der Waals surface area contributed by atoms with E-state index in [1.807, 2.05) is 6.07 Å². The van der Waals surface area contributed by atoms with Crippen LogP contribution in [0.4, 0.5) is 5.82 Å². The highest BCUT2D eigenvalue weighted by atomic mass is 79.9. The number of nitrogens with two attached hydrogens (primary N) is 2. The van der Waals surface area contributed by atoms with E-state index in [0.717, 1.165) is 10.0 Å². The summed E-state index contributed by atoms with van der Waals surface area (Å²) < 4.78 is 0.761. The highest BCUT2D eigenvalue weighted by Crippen LogP contribution is 2.20. The van der Waals surface area contributed by atoms with Crippen molar-refractivity contribution in [2.75, 3.05) is 5.73 Å². The van der Waals surface area contributed by atoms with Crippen LogP contribution in [-0.2, 0) is 0 Å². The van der Waals surface area contributed by atoms with Gasteiger partial charge in [0.05, 0.1) is 4.47 Å². The number of nitrogens with zero attached hydrogens (tertiary/aromatic N) is 1. The number of aromatic nitrogens is 1. The Hall–Kier alpha value is -0.870. The summed E-state index contributed by atoms with van der Waals surface area (Å²) in [7, 11) is 0. The van der Waals surface area contributed by atoms with Crippen molar-refractivity contribution in [1.29, 1.82) is 0 Å². The van der Waals surface area contributed by atoms with Gasteiger partial charge in [-0.2, -0.15) is 0 Å². The molecule has 0 fully saturated rings. The molecule has 0 bridgehead atoms. The van der Waals surface area contributed by atoms with Crippen LogP contribution in [0.2, 0.25) is 0 Å². The van der Waals surface area contributed by atoms with E-state index in [-0.39, 0.29) is 6.04 Å². The molecule has 1 heterocycles. The molecular weight excluding hydrogens is 218 g/mol. The molecule has 1 aromatic heterocycles. The van der Waals surface area contributed by atoms with Crippen molar-refractivity contribution in [3.8, 4) is 0 Å². The van der Waals surface area contributed by atoms with Crippen molar-refractivity contribution >= 4 is 21.7 Å². The van der Waals surface area contributed by atoms with E-state index in [0.29, 0.717) is 5.82 Å². The van der Waals surface area contributed by atoms with Gasteiger partial charge < -0.3 is 11.5 Å². The quantitative estimate of drug-likeness (QED) is 0.755. The molecule has 0 amide bonds. The van der Waals surface area contributed by atoms with Crippen molar-refractivity contribution in [1.82, 2.24) is 4.98 Å². The van der Waals surface area contributed by atoms with Gasteiger partial charge in [-0.15, -0.1) is 6.58 Å². The summed E-state index contributed by atoms with van der Waals surface area (Å²) in [5.41, 5.74) is 12.1. The first-order chi connectivity index (χ1) is 5.65. The molecule has 4 N–H and O–H groups in total. The average Bonchev–Trinajstić information content (AvgIpc) is 2.08. The van der Waals surface area contributed by atoms with Gasteiger partial charge in [0, 0.05) is 12.2 Å². The van der Waals surface area contributed by atoms with Gasteiger partial charge >= 0.3 is 0 Å². The molecule has 64 valence electrons. The van der Waals surface area contributed by atoms with E-state index in [2.05, 4.69) is 27.5 Å². The fourth-order valence-electron chi connectivity index (χ4n) is 0.782. The largest absolute Gasteiger partial charge is 0.383 e. The third kappa shape index (κ3) is 1.84. The standard InChI is InChI=1S/C8H10BrN3/c1-2-7(10)5-3-6(9)8(11)12-4-5/h2-4,7H,1,10H2,(H2,11,12)/t7-/m0/s1. The van der Waals surface area contributed by atoms with Gasteiger partial charge in [-0.05, 0) is 27.6 Å². The first-order valence-electron chi connectivity index (χ1n) is 3.44. The molecule has 1 rings (SSSR count). The maximum absolute atomic E-state index is 5.69. The molecule has 0 radical (unpaired) electrons. The van der Waals surface area contributed by atoms with E-state index in [1.54, 1.807) is 12.3 Å². The molecule has 0 aliphatic rings. The summed E-state index contributed by atoms with van der Waals surface area (Å²) in [5.74, 6) is 0.468. The molecule has 4 heteroatoms. The molecule has 1 aromatic rings. The average molecular weight is 228 g/mol. The lowest BCUT2D eigenvalue weighted by molar-refractivity contribution is 0.903. The maximum atomic E-state index is 5.69. The normalized spacial score (nSPS) is 12.5. The molecule has 1 atom stereocenters. The minimum atomic E-state index is -0.186. The van der Waals surface area contributed by atoms with Crippen LogP contribution in [0.15, 0.2) is 29.4 Å². The third-order valence-corrected chi connectivity index (χ3v) is 2.16. The number of pyridine rings is 1. The Morgan fingerprint density at radius 1 is 1.67 bits per heavy atom. The van der Waals surface area contributed by atoms with Gasteiger partial charge in [-0.3, -0.25) is 0 Å². The van der Waals surface area contributed by atoms with Gasteiger partial charge in [0.25, 0.3) is 0 Å². The minimum absolute atomic E-state index is 0.186. The number of anilines is 1. The van der Waals surface area contributed by atoms with Crippen molar-refractivity contribution in [2.24, 2.45) is 5.73 Å². The molecule has 0 aliphatic heterocycles. The second-order valence-corrected chi connectivity index (χ2v) is 3.25. The predicted octanol–water partition coefficient (Wildman–Crippen LogP) is 1.61. The smallest absolute Gasteiger partial charge is 0.137 e. The summed E-state index contributed by atoms with van der Waals surface area (Å²) in [6, 6.07) is 1.66. The van der Waals surface area contributed by atoms with Crippen LogP contribution < -0.4 is 11.5 Å². The monoisotopic (exact) mass is 227 g/mol. The summed E-state index contributed by atoms with van der Waals surface area (Å²) in [6.07, 6.45) is 3.30. The molecule has 0 aliphatic carbocycles. The SMILES string of the molecule is C=C[C@H](N)c1cnc(N)c(Br)c1. The van der Waals surface area contributed by atoms with Crippen LogP contribution in [0, 0.1) is 0 Å². The van der Waals surface area contributed by atoms with Crippen LogP contribution in [0.5, 0.6) is 0 Å². The van der Waals surface area contributed by atoms with Gasteiger partial charge in [0.15, 0.2) is 0 Å². The summed E-state index contributed by atoms with van der Waals surface area (Å²) in [6.45, 7) is 3.59. The molecular formula is C8H10BrN3. The van der Waals surface area contributed by atoms with E-state index < -0.39 is 0 Å². The van der Waals surface area contributed by atoms with Crippen LogP contribution in [0.1, 0.15) is 11.6 Å². The van der Waals surface area contributed by atoms with Crippen molar-refractivity contribution < 1.29 is 0 Å². The molecule has 0 spiro atoms. The number of halogens is 1. The zero-order chi connectivity index (χ0) is 9.14. The molecule has 12 heavy (non-hydrogen) atoms. The fourth-order valence-corrected chi connectivity index (χ4v) is 1.15. The molecule has 0 unspecified atom stereocenters. The lowest BCUT2D eigenvalue weighted by atomic mass is 10.1. The van der Waals surface area contributed by atoms with Crippen molar-refractivity contribution in [3.63, 3.8) is 0 Å². The maximum Gasteiger partial charge on any atom is 0.137 e. The summed E-state index contributed by atoms with van der Waals surface area (Å²) in [4.78, 5) is 3.95. The van der Waals surface area contributed by atoms with E-state index in [4.69, 9.17) is 11.5 Å². The Morgan fingerprint density at radius 3 is 2.83 bits per heavy atom. The second-order valence-electron chi connectivity index (χ2n) is 2.40. The van der Waals surface area contributed by atoms with Gasteiger partial charge in [0.2, 0.25) is 0 Å². The molecule has 3 nitrogen and oxygen atoms in total. The van der Waals surface area contributed by atoms with Crippen LogP contribution in [0.25, 0.3) is 0 Å². The Labute approximate surface area is 79.6 Å². The lowest BCUT2D eigenvalue weighted by Crippen LogP contribution is -2.07. The first kappa shape index (κ1) is 9.22. The van der Waals surface area contributed by atoms with E-state index >= 15 is 0 Å². The van der Waals surface area contributed by atoms with Crippen molar-refractivity contribution in [2.45, 2.75) is 6.04 Å². The fraction of sp³-hybridized carbons (Fsp3) is 0.125. The number of hydrogen-bond donors (Lipinski definition) is 2. The van der Waals surface area contributed by atoms with Gasteiger partial charge in [0.1, 0.15) is 5.82 Å². The van der Waals surface area contributed by atoms with Gasteiger partial charge in [-0.25, -0.2) is 4.98 Å². The minimum Gasteiger partial charge on any atom is -0.383 e. The topological polar surface area (TPSA) is 64.9 Å². The number of nitrogen functional groups attached to an aromatic ring is 1. The molecule has 0 aromatic carbocycles. The lowest BCUT2D eigenvalue weighted by Gasteiger charge is -2.06. The van der Waals surface area contributed by atoms with E-state index in [9.17, 15) is 0 Å². The Kier molecular flexibility index (Phi) is 2.83. The highest BCUT2D eigenvalue weighted by Gasteiger charge is 2.03. The van der Waals surface area contributed by atoms with Crippen LogP contribution in [0.3, 0.4) is 0 Å². The van der Waals surface area contributed by atoms with E-state index in [1.165, 1.54) is 0 Å². The molecule has 0 saturated carbocycles. The highest BCUT2D eigenvalue weighted by molar-refractivity contribution is 9.10. The zero-order valence-electron chi connectivity index (χ0n) is 6.50. The second kappa shape index (κ2) is 3.69. The zero-order valence-corrected chi connectivity index (χ0v) is 8.08. The third-order valence-electron chi connectivity index (χ3n) is 1.53. The Balaban J connectivity index is 3.04. The molecule has 0 saturated heterocycles. The van der Waals surface area contributed by atoms with Gasteiger partial charge in [-0.1, -0.05) is 6.08 Å². The predicted molar refractivity (Wildman–Crippen MR) is 53.5 cm³/mol. The summed E-state index contributed by atoms with van der Waals surface area (Å²) >= 11 is 3.27. The Bertz CT molecular complexity index is 298. The number of rotatable bonds is 2. The van der Waals surface area contributed by atoms with Crippen molar-refractivity contribution in [3.05, 3.63) is 35.0 Å². The summed E-state index contributed by atoms with van der Waals surface area (Å²) in [5, 5.41) is 0. The van der Waals surface area contributed by atoms with Crippen LogP contribution >= 0.6 is 15.9 Å². The van der Waals surface area contributed by atoms with Crippen LogP contribution in [-0.4, -0.2) is 4.98 Å². The Morgan fingerprint density at radius 2 is 2.33 bits per heavy atom. The number of hydrogen-bond acceptors (Lipinski definition) is 3. The first-order valence-corrected chi connectivity index (χ1v) is 4.23.